The van der Waals surface area contributed by atoms with Gasteiger partial charge in [0.25, 0.3) is 5.91 Å². The van der Waals surface area contributed by atoms with E-state index in [9.17, 15) is 9.59 Å². The summed E-state index contributed by atoms with van der Waals surface area (Å²) in [5.41, 5.74) is 2.13. The van der Waals surface area contributed by atoms with E-state index in [-0.39, 0.29) is 11.8 Å². The molecular weight excluding hydrogens is 446 g/mol. The van der Waals surface area contributed by atoms with E-state index in [4.69, 9.17) is 4.74 Å². The molecule has 34 heavy (non-hydrogen) atoms. The van der Waals surface area contributed by atoms with Crippen LogP contribution in [0.3, 0.4) is 0 Å². The van der Waals surface area contributed by atoms with Crippen LogP contribution in [-0.4, -0.2) is 60.9 Å². The van der Waals surface area contributed by atoms with E-state index in [0.29, 0.717) is 50.0 Å². The number of ether oxygens (including phenoxy) is 1. The molecule has 4 rings (SSSR count). The zero-order chi connectivity index (χ0) is 23.8. The number of nitrogens with one attached hydrogen (secondary N) is 1. The first-order valence-electron chi connectivity index (χ1n) is 11.8. The molecule has 3 aromatic rings. The summed E-state index contributed by atoms with van der Waals surface area (Å²) in [6.45, 7) is 6.08. The fraction of sp³-hybridized carbons (Fsp3) is 0.333. The normalized spacial score (nSPS) is 14.4. The highest BCUT2D eigenvalue weighted by molar-refractivity contribution is 7.17. The van der Waals surface area contributed by atoms with Crippen molar-refractivity contribution >= 4 is 23.2 Å². The van der Waals surface area contributed by atoms with Crippen molar-refractivity contribution < 1.29 is 14.3 Å². The van der Waals surface area contributed by atoms with Crippen molar-refractivity contribution in [2.75, 3.05) is 39.3 Å². The highest BCUT2D eigenvalue weighted by Crippen LogP contribution is 2.37. The van der Waals surface area contributed by atoms with E-state index in [2.05, 4.69) is 10.2 Å². The van der Waals surface area contributed by atoms with E-state index in [1.807, 2.05) is 78.6 Å². The first-order valence-corrected chi connectivity index (χ1v) is 12.6. The van der Waals surface area contributed by atoms with Crippen LogP contribution >= 0.6 is 11.3 Å². The van der Waals surface area contributed by atoms with Crippen molar-refractivity contribution in [3.63, 3.8) is 0 Å². The SMILES string of the molecule is CCNC(=O)CN1CCCN(C(=O)c2sc(-c3ccccc3)cc2OCc2ccccc2)CC1. The lowest BCUT2D eigenvalue weighted by molar-refractivity contribution is -0.122. The van der Waals surface area contributed by atoms with Crippen LogP contribution in [0.5, 0.6) is 5.75 Å². The van der Waals surface area contributed by atoms with Gasteiger partial charge in [-0.25, -0.2) is 0 Å². The smallest absolute Gasteiger partial charge is 0.267 e. The Bertz CT molecular complexity index is 1090. The summed E-state index contributed by atoms with van der Waals surface area (Å²) in [5.74, 6) is 0.654. The van der Waals surface area contributed by atoms with Crippen LogP contribution in [0.1, 0.15) is 28.6 Å². The Kier molecular flexibility index (Phi) is 8.33. The van der Waals surface area contributed by atoms with Crippen molar-refractivity contribution in [2.45, 2.75) is 20.0 Å². The van der Waals surface area contributed by atoms with E-state index >= 15 is 0 Å². The molecule has 0 unspecified atom stereocenters. The molecule has 0 bridgehead atoms. The first kappa shape index (κ1) is 24.0. The van der Waals surface area contributed by atoms with Crippen LogP contribution in [0.2, 0.25) is 0 Å². The molecule has 6 nitrogen and oxygen atoms in total. The molecule has 0 atom stereocenters. The average Bonchev–Trinajstić information content (AvgIpc) is 3.16. The number of carbonyl (C=O) groups is 2. The van der Waals surface area contributed by atoms with Gasteiger partial charge in [0, 0.05) is 37.6 Å². The number of rotatable bonds is 8. The first-order chi connectivity index (χ1) is 16.6. The topological polar surface area (TPSA) is 61.9 Å². The summed E-state index contributed by atoms with van der Waals surface area (Å²) in [6, 6.07) is 22.0. The van der Waals surface area contributed by atoms with Gasteiger partial charge in [-0.15, -0.1) is 11.3 Å². The van der Waals surface area contributed by atoms with Gasteiger partial charge in [-0.05, 0) is 30.5 Å². The molecular formula is C27H31N3O3S. The minimum atomic E-state index is -0.00453. The van der Waals surface area contributed by atoms with Gasteiger partial charge in [0.15, 0.2) is 0 Å². The van der Waals surface area contributed by atoms with Crippen LogP contribution in [0.25, 0.3) is 10.4 Å². The van der Waals surface area contributed by atoms with Gasteiger partial charge in [-0.3, -0.25) is 14.5 Å². The Morgan fingerprint density at radius 1 is 0.971 bits per heavy atom. The highest BCUT2D eigenvalue weighted by Gasteiger charge is 2.26. The minimum absolute atomic E-state index is 0.00453. The zero-order valence-electron chi connectivity index (χ0n) is 19.5. The number of thiophene rings is 1. The molecule has 2 aromatic carbocycles. The maximum atomic E-state index is 13.6. The predicted octanol–water partition coefficient (Wildman–Crippen LogP) is 4.28. The van der Waals surface area contributed by atoms with Crippen LogP contribution in [0.4, 0.5) is 0 Å². The second-order valence-electron chi connectivity index (χ2n) is 8.32. The Morgan fingerprint density at radius 3 is 2.44 bits per heavy atom. The molecule has 1 N–H and O–H groups in total. The second-order valence-corrected chi connectivity index (χ2v) is 9.37. The van der Waals surface area contributed by atoms with Gasteiger partial charge in [0.1, 0.15) is 17.2 Å². The maximum absolute atomic E-state index is 13.6. The van der Waals surface area contributed by atoms with Gasteiger partial charge in [0.05, 0.1) is 6.54 Å². The van der Waals surface area contributed by atoms with Crippen molar-refractivity contribution in [1.82, 2.24) is 15.1 Å². The lowest BCUT2D eigenvalue weighted by atomic mass is 10.2. The Morgan fingerprint density at radius 2 is 1.71 bits per heavy atom. The lowest BCUT2D eigenvalue weighted by Gasteiger charge is -2.21. The third kappa shape index (κ3) is 6.24. The fourth-order valence-electron chi connectivity index (χ4n) is 4.04. The summed E-state index contributed by atoms with van der Waals surface area (Å²) >= 11 is 1.48. The maximum Gasteiger partial charge on any atom is 0.267 e. The van der Waals surface area contributed by atoms with Crippen molar-refractivity contribution in [2.24, 2.45) is 0 Å². The largest absolute Gasteiger partial charge is 0.487 e. The molecule has 1 fully saturated rings. The van der Waals surface area contributed by atoms with E-state index in [1.54, 1.807) is 0 Å². The molecule has 0 spiro atoms. The Labute approximate surface area is 205 Å². The number of hydrogen-bond donors (Lipinski definition) is 1. The highest BCUT2D eigenvalue weighted by atomic mass is 32.1. The van der Waals surface area contributed by atoms with E-state index in [1.165, 1.54) is 11.3 Å². The number of amides is 2. The van der Waals surface area contributed by atoms with Gasteiger partial charge in [0.2, 0.25) is 5.91 Å². The summed E-state index contributed by atoms with van der Waals surface area (Å²) in [6.07, 6.45) is 0.836. The molecule has 7 heteroatoms. The Balaban J connectivity index is 1.51. The summed E-state index contributed by atoms with van der Waals surface area (Å²) in [7, 11) is 0. The quantitative estimate of drug-likeness (QED) is 0.526. The molecule has 178 valence electrons. The van der Waals surface area contributed by atoms with Gasteiger partial charge < -0.3 is 15.0 Å². The van der Waals surface area contributed by atoms with E-state index in [0.717, 1.165) is 29.0 Å². The van der Waals surface area contributed by atoms with Crippen LogP contribution in [-0.2, 0) is 11.4 Å². The third-order valence-corrected chi connectivity index (χ3v) is 6.96. The number of carbonyl (C=O) groups excluding carboxylic acids is 2. The summed E-state index contributed by atoms with van der Waals surface area (Å²) in [4.78, 5) is 31.3. The van der Waals surface area contributed by atoms with E-state index < -0.39 is 0 Å². The molecule has 1 aliphatic heterocycles. The van der Waals surface area contributed by atoms with Gasteiger partial charge >= 0.3 is 0 Å². The molecule has 0 radical (unpaired) electrons. The van der Waals surface area contributed by atoms with Crippen molar-refractivity contribution in [3.05, 3.63) is 77.2 Å². The molecule has 2 amide bonds. The van der Waals surface area contributed by atoms with Crippen LogP contribution < -0.4 is 10.1 Å². The minimum Gasteiger partial charge on any atom is -0.487 e. The third-order valence-electron chi connectivity index (χ3n) is 5.80. The summed E-state index contributed by atoms with van der Waals surface area (Å²) < 4.78 is 6.17. The fourth-order valence-corrected chi connectivity index (χ4v) is 5.12. The van der Waals surface area contributed by atoms with Gasteiger partial charge in [-0.2, -0.15) is 0 Å². The summed E-state index contributed by atoms with van der Waals surface area (Å²) in [5, 5.41) is 2.85. The van der Waals surface area contributed by atoms with Crippen molar-refractivity contribution in [1.29, 1.82) is 0 Å². The lowest BCUT2D eigenvalue weighted by Crippen LogP contribution is -2.40. The zero-order valence-corrected chi connectivity index (χ0v) is 20.4. The van der Waals surface area contributed by atoms with Crippen molar-refractivity contribution in [3.8, 4) is 16.2 Å². The standard InChI is InChI=1S/C27H31N3O3S/c1-2-28-25(31)19-29-14-9-15-30(17-16-29)27(32)26-23(33-20-21-10-5-3-6-11-21)18-24(34-26)22-12-7-4-8-13-22/h3-8,10-13,18H,2,9,14-17,19-20H2,1H3,(H,28,31). The van der Waals surface area contributed by atoms with Gasteiger partial charge in [-0.1, -0.05) is 60.7 Å². The molecule has 2 heterocycles. The molecule has 0 aliphatic carbocycles. The molecule has 1 aromatic heterocycles. The number of likely N-dealkylation sites (N-methyl/N-ethyl adjacent to an activating group) is 1. The average molecular weight is 478 g/mol. The number of benzene rings is 2. The number of hydrogen-bond acceptors (Lipinski definition) is 5. The molecule has 1 aliphatic rings. The monoisotopic (exact) mass is 477 g/mol. The predicted molar refractivity (Wildman–Crippen MR) is 136 cm³/mol. The van der Waals surface area contributed by atoms with Crippen LogP contribution in [0.15, 0.2) is 66.7 Å². The number of nitrogens with zero attached hydrogens (tertiary/aromatic N) is 2. The second kappa shape index (κ2) is 11.8. The molecule has 0 saturated carbocycles. The van der Waals surface area contributed by atoms with Crippen LogP contribution in [0, 0.1) is 0 Å². The molecule has 1 saturated heterocycles. The Hall–Kier alpha value is -3.16.